The normalized spacial score (nSPS) is 14.1. The number of benzene rings is 3. The van der Waals surface area contributed by atoms with Gasteiger partial charge < -0.3 is 15.0 Å². The molecule has 1 saturated heterocycles. The lowest BCUT2D eigenvalue weighted by Gasteiger charge is -2.31. The molecule has 164 valence electrons. The van der Waals surface area contributed by atoms with Crippen LogP contribution in [0.1, 0.15) is 34.3 Å². The van der Waals surface area contributed by atoms with Crippen LogP contribution in [0, 0.1) is 19.8 Å². The van der Waals surface area contributed by atoms with Crippen molar-refractivity contribution in [1.29, 1.82) is 0 Å². The Bertz CT molecular complexity index is 1070. The first kappa shape index (κ1) is 21.6. The Balaban J connectivity index is 1.30. The number of carbonyl (C=O) groups is 2. The van der Waals surface area contributed by atoms with E-state index >= 15 is 0 Å². The minimum absolute atomic E-state index is 0.00979. The molecule has 5 heteroatoms. The van der Waals surface area contributed by atoms with Crippen molar-refractivity contribution in [3.8, 4) is 11.5 Å². The van der Waals surface area contributed by atoms with Gasteiger partial charge in [-0.05, 0) is 86.3 Å². The summed E-state index contributed by atoms with van der Waals surface area (Å²) >= 11 is 0. The minimum atomic E-state index is -0.0819. The van der Waals surface area contributed by atoms with Crippen LogP contribution in [0.4, 0.5) is 5.69 Å². The van der Waals surface area contributed by atoms with Crippen molar-refractivity contribution in [3.05, 3.63) is 89.5 Å². The van der Waals surface area contributed by atoms with Crippen LogP contribution in [0.2, 0.25) is 0 Å². The summed E-state index contributed by atoms with van der Waals surface area (Å²) in [6.07, 6.45) is 1.33. The molecule has 0 spiro atoms. The Morgan fingerprint density at radius 2 is 1.44 bits per heavy atom. The zero-order chi connectivity index (χ0) is 22.5. The van der Waals surface area contributed by atoms with Gasteiger partial charge in [0, 0.05) is 30.3 Å². The molecule has 1 aliphatic rings. The maximum atomic E-state index is 12.9. The van der Waals surface area contributed by atoms with Gasteiger partial charge in [0.2, 0.25) is 5.91 Å². The van der Waals surface area contributed by atoms with Gasteiger partial charge in [-0.15, -0.1) is 0 Å². The van der Waals surface area contributed by atoms with Crippen molar-refractivity contribution in [2.75, 3.05) is 18.4 Å². The number of rotatable bonds is 5. The van der Waals surface area contributed by atoms with Crippen molar-refractivity contribution in [2.24, 2.45) is 5.92 Å². The highest BCUT2D eigenvalue weighted by molar-refractivity contribution is 5.95. The summed E-state index contributed by atoms with van der Waals surface area (Å²) < 4.78 is 5.79. The Labute approximate surface area is 189 Å². The zero-order valence-corrected chi connectivity index (χ0v) is 18.5. The van der Waals surface area contributed by atoms with Crippen molar-refractivity contribution in [3.63, 3.8) is 0 Å². The zero-order valence-electron chi connectivity index (χ0n) is 18.5. The van der Waals surface area contributed by atoms with E-state index in [0.29, 0.717) is 37.2 Å². The number of anilines is 1. The lowest BCUT2D eigenvalue weighted by molar-refractivity contribution is -0.121. The lowest BCUT2D eigenvalue weighted by atomic mass is 9.95. The number of piperidine rings is 1. The van der Waals surface area contributed by atoms with Gasteiger partial charge >= 0.3 is 0 Å². The highest BCUT2D eigenvalue weighted by atomic mass is 16.5. The second-order valence-corrected chi connectivity index (χ2v) is 8.37. The van der Waals surface area contributed by atoms with Gasteiger partial charge in [-0.2, -0.15) is 0 Å². The summed E-state index contributed by atoms with van der Waals surface area (Å²) in [7, 11) is 0. The van der Waals surface area contributed by atoms with Gasteiger partial charge in [0.15, 0.2) is 0 Å². The van der Waals surface area contributed by atoms with Gasteiger partial charge in [0.1, 0.15) is 11.5 Å². The number of nitrogens with one attached hydrogen (secondary N) is 1. The topological polar surface area (TPSA) is 58.6 Å². The molecule has 1 aliphatic heterocycles. The van der Waals surface area contributed by atoms with E-state index in [1.165, 1.54) is 0 Å². The van der Waals surface area contributed by atoms with E-state index in [2.05, 4.69) is 11.4 Å². The predicted molar refractivity (Wildman–Crippen MR) is 126 cm³/mol. The molecule has 0 radical (unpaired) electrons. The summed E-state index contributed by atoms with van der Waals surface area (Å²) in [5.74, 6) is 1.39. The second kappa shape index (κ2) is 9.69. The van der Waals surface area contributed by atoms with Gasteiger partial charge in [-0.1, -0.05) is 24.3 Å². The molecule has 2 amide bonds. The monoisotopic (exact) mass is 428 g/mol. The lowest BCUT2D eigenvalue weighted by Crippen LogP contribution is -2.41. The van der Waals surface area contributed by atoms with Crippen molar-refractivity contribution >= 4 is 17.5 Å². The molecular formula is C27H28N2O3. The molecule has 3 aromatic rings. The second-order valence-electron chi connectivity index (χ2n) is 8.37. The first-order valence-corrected chi connectivity index (χ1v) is 11.0. The molecule has 0 bridgehead atoms. The van der Waals surface area contributed by atoms with Gasteiger partial charge in [-0.25, -0.2) is 0 Å². The Hall–Kier alpha value is -3.60. The maximum absolute atomic E-state index is 12.9. The third kappa shape index (κ3) is 5.35. The molecule has 4 rings (SSSR count). The van der Waals surface area contributed by atoms with Crippen molar-refractivity contribution < 1.29 is 14.3 Å². The van der Waals surface area contributed by atoms with E-state index in [1.54, 1.807) is 12.1 Å². The summed E-state index contributed by atoms with van der Waals surface area (Å²) in [5, 5.41) is 3.04. The molecule has 1 N–H and O–H groups in total. The minimum Gasteiger partial charge on any atom is -0.457 e. The maximum Gasteiger partial charge on any atom is 0.253 e. The van der Waals surface area contributed by atoms with Crippen LogP contribution in [0.25, 0.3) is 0 Å². The van der Waals surface area contributed by atoms with Crippen LogP contribution in [0.15, 0.2) is 72.8 Å². The number of aryl methyl sites for hydroxylation is 2. The molecule has 1 heterocycles. The number of para-hydroxylation sites is 1. The molecular weight excluding hydrogens is 400 g/mol. The van der Waals surface area contributed by atoms with E-state index in [0.717, 1.165) is 22.6 Å². The number of hydrogen-bond acceptors (Lipinski definition) is 3. The molecule has 32 heavy (non-hydrogen) atoms. The molecule has 0 aliphatic carbocycles. The fourth-order valence-corrected chi connectivity index (χ4v) is 4.11. The SMILES string of the molecule is Cc1cc(C)cc(NC(=O)C2CCN(C(=O)c3ccc(Oc4ccccc4)cc3)CC2)c1. The van der Waals surface area contributed by atoms with E-state index in [1.807, 2.05) is 73.3 Å². The summed E-state index contributed by atoms with van der Waals surface area (Å²) in [6.45, 7) is 5.19. The third-order valence-corrected chi connectivity index (χ3v) is 5.72. The smallest absolute Gasteiger partial charge is 0.253 e. The standard InChI is InChI=1S/C27H28N2O3/c1-19-16-20(2)18-23(17-19)28-26(30)21-12-14-29(15-13-21)27(31)22-8-10-25(11-9-22)32-24-6-4-3-5-7-24/h3-11,16-18,21H,12-15H2,1-2H3,(H,28,30). The number of amides is 2. The van der Waals surface area contributed by atoms with E-state index in [4.69, 9.17) is 4.74 Å². The number of hydrogen-bond donors (Lipinski definition) is 1. The van der Waals surface area contributed by atoms with Crippen LogP contribution in [0.3, 0.4) is 0 Å². The number of carbonyl (C=O) groups excluding carboxylic acids is 2. The molecule has 0 saturated carbocycles. The van der Waals surface area contributed by atoms with Crippen LogP contribution in [-0.2, 0) is 4.79 Å². The number of likely N-dealkylation sites (tertiary alicyclic amines) is 1. The molecule has 0 aromatic heterocycles. The first-order valence-electron chi connectivity index (χ1n) is 11.0. The van der Waals surface area contributed by atoms with Crippen LogP contribution >= 0.6 is 0 Å². The average Bonchev–Trinajstić information content (AvgIpc) is 2.79. The van der Waals surface area contributed by atoms with Crippen molar-refractivity contribution in [1.82, 2.24) is 4.90 Å². The molecule has 1 fully saturated rings. The highest BCUT2D eigenvalue weighted by Crippen LogP contribution is 2.24. The predicted octanol–water partition coefficient (Wildman–Crippen LogP) is 5.59. The molecule has 0 atom stereocenters. The quantitative estimate of drug-likeness (QED) is 0.577. The molecule has 0 unspecified atom stereocenters. The van der Waals surface area contributed by atoms with Crippen LogP contribution < -0.4 is 10.1 Å². The van der Waals surface area contributed by atoms with Gasteiger partial charge in [-0.3, -0.25) is 9.59 Å². The Morgan fingerprint density at radius 1 is 0.844 bits per heavy atom. The van der Waals surface area contributed by atoms with E-state index in [-0.39, 0.29) is 17.7 Å². The summed E-state index contributed by atoms with van der Waals surface area (Å²) in [6, 6.07) is 22.8. The van der Waals surface area contributed by atoms with E-state index in [9.17, 15) is 9.59 Å². The Morgan fingerprint density at radius 3 is 2.06 bits per heavy atom. The van der Waals surface area contributed by atoms with Crippen LogP contribution in [0.5, 0.6) is 11.5 Å². The largest absolute Gasteiger partial charge is 0.457 e. The summed E-state index contributed by atoms with van der Waals surface area (Å²) in [5.41, 5.74) is 3.72. The average molecular weight is 429 g/mol. The van der Waals surface area contributed by atoms with Crippen LogP contribution in [-0.4, -0.2) is 29.8 Å². The van der Waals surface area contributed by atoms with E-state index < -0.39 is 0 Å². The first-order chi connectivity index (χ1) is 15.5. The molecule has 3 aromatic carbocycles. The number of nitrogens with zero attached hydrogens (tertiary/aromatic N) is 1. The fourth-order valence-electron chi connectivity index (χ4n) is 4.11. The Kier molecular flexibility index (Phi) is 6.55. The third-order valence-electron chi connectivity index (χ3n) is 5.72. The highest BCUT2D eigenvalue weighted by Gasteiger charge is 2.28. The fraction of sp³-hybridized carbons (Fsp3) is 0.259. The van der Waals surface area contributed by atoms with Crippen molar-refractivity contribution in [2.45, 2.75) is 26.7 Å². The number of ether oxygens (including phenoxy) is 1. The summed E-state index contributed by atoms with van der Waals surface area (Å²) in [4.78, 5) is 27.4. The molecule has 5 nitrogen and oxygen atoms in total. The van der Waals surface area contributed by atoms with Gasteiger partial charge in [0.05, 0.1) is 0 Å². The van der Waals surface area contributed by atoms with Gasteiger partial charge in [0.25, 0.3) is 5.91 Å².